The molecule has 49 valence electrons. The molecule has 0 fully saturated rings. The van der Waals surface area contributed by atoms with Crippen molar-refractivity contribution in [1.82, 2.24) is 0 Å². The zero-order chi connectivity index (χ0) is 6.69. The molecule has 2 nitrogen and oxygen atoms in total. The molecule has 0 aliphatic carbocycles. The van der Waals surface area contributed by atoms with Crippen LogP contribution < -0.4 is 0 Å². The minimum absolute atomic E-state index is 0. The predicted molar refractivity (Wildman–Crippen MR) is 41.2 cm³/mol. The molecule has 10 heavy (non-hydrogen) atoms. The van der Waals surface area contributed by atoms with Gasteiger partial charge in [0.25, 0.3) is 0 Å². The zero-order valence-corrected chi connectivity index (χ0v) is 8.47. The molecule has 0 amide bonds. The summed E-state index contributed by atoms with van der Waals surface area (Å²) < 4.78 is 18.8. The Morgan fingerprint density at radius 1 is 1.20 bits per heavy atom. The molecule has 1 unspecified atom stereocenters. The number of hydrogen-bond acceptors (Lipinski definition) is 1. The Balaban J connectivity index is 0.000000810. The van der Waals surface area contributed by atoms with Gasteiger partial charge < -0.3 is 4.55 Å². The van der Waals surface area contributed by atoms with Crippen molar-refractivity contribution >= 4 is 40.6 Å². The Bertz CT molecular complexity index is 212. The van der Waals surface area contributed by atoms with Crippen LogP contribution in [0, 0.1) is 0 Å². The van der Waals surface area contributed by atoms with Crippen LogP contribution in [0.1, 0.15) is 0 Å². The SMILES string of the molecule is O=S(O)c1ccccc1.[Na]. The van der Waals surface area contributed by atoms with Gasteiger partial charge in [-0.3, -0.25) is 0 Å². The number of rotatable bonds is 1. The first-order valence-electron chi connectivity index (χ1n) is 2.46. The first kappa shape index (κ1) is 10.3. The van der Waals surface area contributed by atoms with E-state index < -0.39 is 11.1 Å². The van der Waals surface area contributed by atoms with Gasteiger partial charge in [-0.15, -0.1) is 0 Å². The van der Waals surface area contributed by atoms with Crippen LogP contribution in [0.5, 0.6) is 0 Å². The van der Waals surface area contributed by atoms with Crippen LogP contribution >= 0.6 is 0 Å². The quantitative estimate of drug-likeness (QED) is 0.495. The first-order valence-corrected chi connectivity index (χ1v) is 3.57. The Kier molecular flexibility index (Phi) is 5.21. The summed E-state index contributed by atoms with van der Waals surface area (Å²) in [5.41, 5.74) is 0. The number of benzene rings is 1. The fraction of sp³-hybridized carbons (Fsp3) is 0. The molecule has 0 saturated heterocycles. The van der Waals surface area contributed by atoms with E-state index >= 15 is 0 Å². The summed E-state index contributed by atoms with van der Waals surface area (Å²) in [6.45, 7) is 0. The van der Waals surface area contributed by atoms with E-state index in [0.29, 0.717) is 4.90 Å². The maximum Gasteiger partial charge on any atom is 0.186 e. The van der Waals surface area contributed by atoms with E-state index in [-0.39, 0.29) is 29.6 Å². The van der Waals surface area contributed by atoms with E-state index in [1.54, 1.807) is 30.3 Å². The molecule has 1 aromatic carbocycles. The summed E-state index contributed by atoms with van der Waals surface area (Å²) in [5, 5.41) is 0. The van der Waals surface area contributed by atoms with Crippen LogP contribution in [0.2, 0.25) is 0 Å². The molecular formula is C6H6NaO2S. The third-order valence-electron chi connectivity index (χ3n) is 0.945. The molecule has 0 heterocycles. The van der Waals surface area contributed by atoms with Crippen molar-refractivity contribution in [3.63, 3.8) is 0 Å². The molecule has 1 rings (SSSR count). The average molecular weight is 165 g/mol. The van der Waals surface area contributed by atoms with E-state index in [2.05, 4.69) is 0 Å². The van der Waals surface area contributed by atoms with Crippen molar-refractivity contribution < 1.29 is 8.76 Å². The molecule has 0 spiro atoms. The minimum Gasteiger partial charge on any atom is -0.302 e. The summed E-state index contributed by atoms with van der Waals surface area (Å²) in [7, 11) is 0. The third kappa shape index (κ3) is 2.94. The number of hydrogen-bond donors (Lipinski definition) is 1. The van der Waals surface area contributed by atoms with Gasteiger partial charge in [-0.2, -0.15) is 0 Å². The van der Waals surface area contributed by atoms with Crippen molar-refractivity contribution in [2.45, 2.75) is 4.90 Å². The van der Waals surface area contributed by atoms with E-state index in [4.69, 9.17) is 4.55 Å². The molecule has 0 aromatic heterocycles. The van der Waals surface area contributed by atoms with Crippen LogP contribution in [0.4, 0.5) is 0 Å². The van der Waals surface area contributed by atoms with Gasteiger partial charge in [-0.25, -0.2) is 4.21 Å². The maximum absolute atomic E-state index is 10.3. The third-order valence-corrected chi connectivity index (χ3v) is 1.62. The second-order valence-electron chi connectivity index (χ2n) is 1.56. The van der Waals surface area contributed by atoms with E-state index in [1.165, 1.54) is 0 Å². The van der Waals surface area contributed by atoms with Gasteiger partial charge in [0.15, 0.2) is 11.1 Å². The van der Waals surface area contributed by atoms with E-state index in [1.807, 2.05) is 0 Å². The zero-order valence-electron chi connectivity index (χ0n) is 5.65. The molecule has 1 atom stereocenters. The molecule has 1 N–H and O–H groups in total. The fourth-order valence-corrected chi connectivity index (χ4v) is 0.927. The molecule has 0 bridgehead atoms. The van der Waals surface area contributed by atoms with Gasteiger partial charge in [0.2, 0.25) is 0 Å². The van der Waals surface area contributed by atoms with Crippen molar-refractivity contribution in [2.24, 2.45) is 0 Å². The molecule has 0 aliphatic rings. The second kappa shape index (κ2) is 5.04. The molecule has 0 aliphatic heterocycles. The summed E-state index contributed by atoms with van der Waals surface area (Å²) >= 11 is -1.83. The Morgan fingerprint density at radius 2 is 1.70 bits per heavy atom. The minimum atomic E-state index is -1.83. The van der Waals surface area contributed by atoms with Crippen LogP contribution in [0.3, 0.4) is 0 Å². The largest absolute Gasteiger partial charge is 0.302 e. The van der Waals surface area contributed by atoms with Crippen molar-refractivity contribution in [3.8, 4) is 0 Å². The normalized spacial score (nSPS) is 11.7. The maximum atomic E-state index is 10.3. The monoisotopic (exact) mass is 165 g/mol. The smallest absolute Gasteiger partial charge is 0.186 e. The molecule has 1 aromatic rings. The van der Waals surface area contributed by atoms with Crippen LogP contribution in [-0.4, -0.2) is 38.3 Å². The van der Waals surface area contributed by atoms with Crippen LogP contribution in [0.15, 0.2) is 35.2 Å². The Labute approximate surface area is 84.2 Å². The van der Waals surface area contributed by atoms with Crippen molar-refractivity contribution in [3.05, 3.63) is 30.3 Å². The Hall–Kier alpha value is 0.330. The average Bonchev–Trinajstić information content (AvgIpc) is 1.90. The topological polar surface area (TPSA) is 37.3 Å². The van der Waals surface area contributed by atoms with Gasteiger partial charge in [0.1, 0.15) is 0 Å². The summed E-state index contributed by atoms with van der Waals surface area (Å²) in [4.78, 5) is 0.442. The van der Waals surface area contributed by atoms with Gasteiger partial charge in [0, 0.05) is 29.6 Å². The van der Waals surface area contributed by atoms with Gasteiger partial charge in [-0.1, -0.05) is 18.2 Å². The molecule has 4 heteroatoms. The predicted octanol–water partition coefficient (Wildman–Crippen LogP) is 0.886. The van der Waals surface area contributed by atoms with E-state index in [0.717, 1.165) is 0 Å². The van der Waals surface area contributed by atoms with Gasteiger partial charge in [-0.05, 0) is 12.1 Å². The molecular weight excluding hydrogens is 159 g/mol. The molecule has 0 saturated carbocycles. The van der Waals surface area contributed by atoms with Crippen molar-refractivity contribution in [2.75, 3.05) is 0 Å². The fourth-order valence-electron chi connectivity index (χ4n) is 0.537. The van der Waals surface area contributed by atoms with Gasteiger partial charge >= 0.3 is 0 Å². The summed E-state index contributed by atoms with van der Waals surface area (Å²) in [6, 6.07) is 8.47. The standard InChI is InChI=1S/C6H6O2S.Na/c7-9(8)6-4-2-1-3-5-6;/h1-5H,(H,7,8);. The summed E-state index contributed by atoms with van der Waals surface area (Å²) in [5.74, 6) is 0. The van der Waals surface area contributed by atoms with Gasteiger partial charge in [0.05, 0.1) is 4.90 Å². The van der Waals surface area contributed by atoms with E-state index in [9.17, 15) is 4.21 Å². The Morgan fingerprint density at radius 3 is 2.00 bits per heavy atom. The van der Waals surface area contributed by atoms with Crippen molar-refractivity contribution in [1.29, 1.82) is 0 Å². The molecule has 1 radical (unpaired) electrons. The van der Waals surface area contributed by atoms with Crippen LogP contribution in [0.25, 0.3) is 0 Å². The second-order valence-corrected chi connectivity index (χ2v) is 2.53. The van der Waals surface area contributed by atoms with Crippen LogP contribution in [-0.2, 0) is 11.1 Å². The first-order chi connectivity index (χ1) is 4.30. The summed E-state index contributed by atoms with van der Waals surface area (Å²) in [6.07, 6.45) is 0.